The largest absolute Gasteiger partial charge is 0.478 e. The van der Waals surface area contributed by atoms with Crippen molar-refractivity contribution in [2.75, 3.05) is 5.32 Å². The van der Waals surface area contributed by atoms with Crippen molar-refractivity contribution in [1.29, 1.82) is 0 Å². The van der Waals surface area contributed by atoms with E-state index in [-0.39, 0.29) is 5.56 Å². The molecule has 0 unspecified atom stereocenters. The molecule has 0 aliphatic rings. The molecule has 6 heteroatoms. The molecule has 0 saturated carbocycles. The van der Waals surface area contributed by atoms with Crippen molar-refractivity contribution in [3.8, 4) is 11.1 Å². The molecule has 2 heterocycles. The van der Waals surface area contributed by atoms with Gasteiger partial charge < -0.3 is 15.4 Å². The lowest BCUT2D eigenvalue weighted by Crippen LogP contribution is -2.01. The summed E-state index contributed by atoms with van der Waals surface area (Å²) in [5, 5.41) is 12.5. The van der Waals surface area contributed by atoms with Crippen molar-refractivity contribution in [2.24, 2.45) is 0 Å². The van der Waals surface area contributed by atoms with Crippen molar-refractivity contribution in [2.45, 2.75) is 6.54 Å². The Labute approximate surface area is 149 Å². The summed E-state index contributed by atoms with van der Waals surface area (Å²) in [7, 11) is 0. The number of carboxylic acids is 1. The van der Waals surface area contributed by atoms with Crippen LogP contribution >= 0.6 is 0 Å². The Morgan fingerprint density at radius 1 is 1.08 bits per heavy atom. The fourth-order valence-corrected chi connectivity index (χ4v) is 2.87. The smallest absolute Gasteiger partial charge is 0.337 e. The van der Waals surface area contributed by atoms with Crippen LogP contribution in [0.3, 0.4) is 0 Å². The van der Waals surface area contributed by atoms with E-state index in [4.69, 9.17) is 0 Å². The molecule has 0 fully saturated rings. The number of para-hydroxylation sites is 1. The van der Waals surface area contributed by atoms with E-state index >= 15 is 0 Å². The van der Waals surface area contributed by atoms with Crippen molar-refractivity contribution in [3.63, 3.8) is 0 Å². The zero-order valence-electron chi connectivity index (χ0n) is 13.8. The summed E-state index contributed by atoms with van der Waals surface area (Å²) in [4.78, 5) is 22.9. The van der Waals surface area contributed by atoms with Crippen LogP contribution < -0.4 is 5.32 Å². The third kappa shape index (κ3) is 3.12. The number of carboxylic acid groups (broad SMARTS) is 1. The van der Waals surface area contributed by atoms with Gasteiger partial charge in [-0.15, -0.1) is 0 Å². The Morgan fingerprint density at radius 2 is 1.92 bits per heavy atom. The molecule has 0 atom stereocenters. The Balaban J connectivity index is 1.55. The summed E-state index contributed by atoms with van der Waals surface area (Å²) in [6, 6.07) is 17.1. The first-order valence-corrected chi connectivity index (χ1v) is 8.16. The number of hydrogen-bond acceptors (Lipinski definition) is 4. The Kier molecular flexibility index (Phi) is 4.07. The van der Waals surface area contributed by atoms with Crippen LogP contribution in [0.5, 0.6) is 0 Å². The molecule has 4 rings (SSSR count). The highest BCUT2D eigenvalue weighted by molar-refractivity contribution is 6.01. The topological polar surface area (TPSA) is 90.9 Å². The van der Waals surface area contributed by atoms with Gasteiger partial charge in [-0.25, -0.2) is 9.78 Å². The van der Waals surface area contributed by atoms with Gasteiger partial charge in [0.25, 0.3) is 0 Å². The van der Waals surface area contributed by atoms with Crippen molar-refractivity contribution >= 4 is 23.0 Å². The predicted molar refractivity (Wildman–Crippen MR) is 100 cm³/mol. The van der Waals surface area contributed by atoms with Crippen LogP contribution in [-0.2, 0) is 6.54 Å². The Hall–Kier alpha value is -3.67. The van der Waals surface area contributed by atoms with E-state index in [0.29, 0.717) is 23.5 Å². The molecule has 0 bridgehead atoms. The van der Waals surface area contributed by atoms with E-state index in [2.05, 4.69) is 26.3 Å². The molecule has 128 valence electrons. The monoisotopic (exact) mass is 344 g/mol. The zero-order chi connectivity index (χ0) is 17.9. The number of pyridine rings is 1. The van der Waals surface area contributed by atoms with Crippen molar-refractivity contribution in [1.82, 2.24) is 15.0 Å². The van der Waals surface area contributed by atoms with Gasteiger partial charge in [-0.3, -0.25) is 4.98 Å². The molecule has 0 spiro atoms. The third-order valence-electron chi connectivity index (χ3n) is 4.12. The number of aromatic carboxylic acids is 1. The van der Waals surface area contributed by atoms with Crippen LogP contribution in [0.1, 0.15) is 15.9 Å². The van der Waals surface area contributed by atoms with Crippen LogP contribution in [0.25, 0.3) is 22.2 Å². The van der Waals surface area contributed by atoms with E-state index in [0.717, 1.165) is 16.7 Å². The highest BCUT2D eigenvalue weighted by Crippen LogP contribution is 2.21. The second-order valence-corrected chi connectivity index (χ2v) is 5.89. The minimum atomic E-state index is -0.988. The Bertz CT molecular complexity index is 1070. The van der Waals surface area contributed by atoms with Crippen molar-refractivity contribution < 1.29 is 9.90 Å². The summed E-state index contributed by atoms with van der Waals surface area (Å²) in [5.74, 6) is -0.446. The lowest BCUT2D eigenvalue weighted by molar-refractivity contribution is 0.0699. The average Bonchev–Trinajstić information content (AvgIpc) is 3.10. The first-order valence-electron chi connectivity index (χ1n) is 8.16. The number of H-pyrrole nitrogens is 1. The van der Waals surface area contributed by atoms with E-state index in [1.54, 1.807) is 18.3 Å². The fraction of sp³-hybridized carbons (Fsp3) is 0.0500. The number of benzene rings is 2. The maximum atomic E-state index is 11.3. The van der Waals surface area contributed by atoms with Crippen LogP contribution in [0.2, 0.25) is 0 Å². The van der Waals surface area contributed by atoms with Gasteiger partial charge in [0, 0.05) is 18.9 Å². The van der Waals surface area contributed by atoms with Gasteiger partial charge in [-0.05, 0) is 41.0 Å². The lowest BCUT2D eigenvalue weighted by atomic mass is 10.0. The number of rotatable bonds is 5. The van der Waals surface area contributed by atoms with Gasteiger partial charge in [0.15, 0.2) is 0 Å². The molecule has 0 aliphatic carbocycles. The standard InChI is InChI=1S/C20H16N4O2/c25-19(26)16-7-2-8-17-18(16)24-20(23-17)22-11-13-4-1-5-14(10-13)15-6-3-9-21-12-15/h1-10,12H,11H2,(H,25,26)(H2,22,23,24). The number of imidazole rings is 1. The van der Waals surface area contributed by atoms with E-state index in [1.165, 1.54) is 0 Å². The number of fused-ring (bicyclic) bond motifs is 1. The third-order valence-corrected chi connectivity index (χ3v) is 4.12. The van der Waals surface area contributed by atoms with Gasteiger partial charge in [0.2, 0.25) is 5.95 Å². The molecule has 0 amide bonds. The number of nitrogens with zero attached hydrogens (tertiary/aromatic N) is 2. The summed E-state index contributed by atoms with van der Waals surface area (Å²) < 4.78 is 0. The molecule has 0 aliphatic heterocycles. The minimum Gasteiger partial charge on any atom is -0.478 e. The maximum absolute atomic E-state index is 11.3. The molecule has 2 aromatic carbocycles. The van der Waals surface area contributed by atoms with Crippen molar-refractivity contribution in [3.05, 3.63) is 78.1 Å². The average molecular weight is 344 g/mol. The summed E-state index contributed by atoms with van der Waals surface area (Å²) in [6.07, 6.45) is 3.58. The first-order chi connectivity index (χ1) is 12.7. The molecule has 3 N–H and O–H groups in total. The van der Waals surface area contributed by atoms with Crippen LogP contribution in [0, 0.1) is 0 Å². The molecule has 2 aromatic heterocycles. The highest BCUT2D eigenvalue weighted by atomic mass is 16.4. The zero-order valence-corrected chi connectivity index (χ0v) is 13.8. The highest BCUT2D eigenvalue weighted by Gasteiger charge is 2.12. The van der Waals surface area contributed by atoms with Crippen LogP contribution in [-0.4, -0.2) is 26.0 Å². The maximum Gasteiger partial charge on any atom is 0.337 e. The number of hydrogen-bond donors (Lipinski definition) is 3. The number of aromatic nitrogens is 3. The second kappa shape index (κ2) is 6.68. The second-order valence-electron chi connectivity index (χ2n) is 5.89. The van der Waals surface area contributed by atoms with Gasteiger partial charge in [-0.1, -0.05) is 30.3 Å². The lowest BCUT2D eigenvalue weighted by Gasteiger charge is -2.06. The number of nitrogens with one attached hydrogen (secondary N) is 2. The number of carbonyl (C=O) groups is 1. The van der Waals surface area contributed by atoms with Crippen LogP contribution in [0.15, 0.2) is 67.0 Å². The molecular formula is C20H16N4O2. The van der Waals surface area contributed by atoms with Gasteiger partial charge >= 0.3 is 5.97 Å². The normalized spacial score (nSPS) is 10.8. The number of anilines is 1. The van der Waals surface area contributed by atoms with E-state index in [9.17, 15) is 9.90 Å². The number of aromatic amines is 1. The minimum absolute atomic E-state index is 0.186. The molecule has 4 aromatic rings. The SMILES string of the molecule is O=C(O)c1cccc2[nH]c(NCc3cccc(-c4cccnc4)c3)nc12. The molecule has 0 radical (unpaired) electrons. The quantitative estimate of drug-likeness (QED) is 0.510. The van der Waals surface area contributed by atoms with Crippen LogP contribution in [0.4, 0.5) is 5.95 Å². The Morgan fingerprint density at radius 3 is 2.73 bits per heavy atom. The predicted octanol–water partition coefficient (Wildman–Crippen LogP) is 3.94. The van der Waals surface area contributed by atoms with Gasteiger partial charge in [-0.2, -0.15) is 0 Å². The molecular weight excluding hydrogens is 328 g/mol. The van der Waals surface area contributed by atoms with Gasteiger partial charge in [0.05, 0.1) is 11.1 Å². The molecule has 26 heavy (non-hydrogen) atoms. The fourth-order valence-electron chi connectivity index (χ4n) is 2.87. The van der Waals surface area contributed by atoms with Gasteiger partial charge in [0.1, 0.15) is 5.52 Å². The summed E-state index contributed by atoms with van der Waals surface area (Å²) in [5.41, 5.74) is 4.57. The molecule has 6 nitrogen and oxygen atoms in total. The molecule has 0 saturated heterocycles. The summed E-state index contributed by atoms with van der Waals surface area (Å²) >= 11 is 0. The van der Waals surface area contributed by atoms with E-state index < -0.39 is 5.97 Å². The van der Waals surface area contributed by atoms with E-state index in [1.807, 2.05) is 42.6 Å². The first kappa shape index (κ1) is 15.8. The summed E-state index contributed by atoms with van der Waals surface area (Å²) in [6.45, 7) is 0.566.